The van der Waals surface area contributed by atoms with Crippen molar-refractivity contribution in [1.29, 1.82) is 0 Å². The summed E-state index contributed by atoms with van der Waals surface area (Å²) in [6, 6.07) is 2.13. The molecule has 1 N–H and O–H groups in total. The highest BCUT2D eigenvalue weighted by atomic mass is 16.1. The Kier molecular flexibility index (Phi) is 3.89. The predicted octanol–water partition coefficient (Wildman–Crippen LogP) is 3.09. The first kappa shape index (κ1) is 14.6. The quantitative estimate of drug-likeness (QED) is 0.914. The number of rotatable bonds is 4. The van der Waals surface area contributed by atoms with Crippen LogP contribution in [0.3, 0.4) is 0 Å². The van der Waals surface area contributed by atoms with Crippen LogP contribution < -0.4 is 10.9 Å². The van der Waals surface area contributed by atoms with Gasteiger partial charge in [0.25, 0.3) is 5.56 Å². The van der Waals surface area contributed by atoms with E-state index in [-0.39, 0.29) is 11.0 Å². The Labute approximate surface area is 121 Å². The Morgan fingerprint density at radius 1 is 1.45 bits per heavy atom. The minimum Gasteiger partial charge on any atom is -0.384 e. The van der Waals surface area contributed by atoms with Crippen molar-refractivity contribution in [3.8, 4) is 0 Å². The minimum absolute atomic E-state index is 0.000845. The van der Waals surface area contributed by atoms with E-state index in [4.69, 9.17) is 0 Å². The van der Waals surface area contributed by atoms with Gasteiger partial charge in [-0.3, -0.25) is 4.79 Å². The number of hydrogen-bond acceptors (Lipinski definition) is 2. The molecule has 0 saturated carbocycles. The summed E-state index contributed by atoms with van der Waals surface area (Å²) in [7, 11) is 0. The molecule has 2 heterocycles. The zero-order valence-electron chi connectivity index (χ0n) is 12.9. The monoisotopic (exact) mass is 272 g/mol. The van der Waals surface area contributed by atoms with Crippen LogP contribution in [-0.4, -0.2) is 4.57 Å². The van der Waals surface area contributed by atoms with Gasteiger partial charge < -0.3 is 9.88 Å². The molecule has 0 aromatic carbocycles. The lowest BCUT2D eigenvalue weighted by Crippen LogP contribution is -2.31. The third-order valence-electron chi connectivity index (χ3n) is 3.87. The van der Waals surface area contributed by atoms with E-state index < -0.39 is 0 Å². The standard InChI is InChI=1S/C17H24N2O/c1-6-13-10-14-8-7-9-19(14)16(20)15(13)11-18-12(2)17(3,4)5/h7-8,10,18H,2,6,9,11H2,1,3-5H3. The fourth-order valence-electron chi connectivity index (χ4n) is 2.33. The molecule has 0 amide bonds. The summed E-state index contributed by atoms with van der Waals surface area (Å²) < 4.78 is 1.83. The van der Waals surface area contributed by atoms with E-state index in [9.17, 15) is 4.79 Å². The third-order valence-corrected chi connectivity index (χ3v) is 3.87. The largest absolute Gasteiger partial charge is 0.384 e. The number of allylic oxidation sites excluding steroid dienone is 2. The molecule has 3 heteroatoms. The summed E-state index contributed by atoms with van der Waals surface area (Å²) in [5.41, 5.74) is 4.10. The first-order valence-electron chi connectivity index (χ1n) is 7.20. The second-order valence-corrected chi connectivity index (χ2v) is 6.33. The number of aryl methyl sites for hydroxylation is 1. The zero-order valence-corrected chi connectivity index (χ0v) is 12.9. The fraction of sp³-hybridized carbons (Fsp3) is 0.471. The number of hydrogen-bond donors (Lipinski definition) is 1. The van der Waals surface area contributed by atoms with Gasteiger partial charge in [-0.2, -0.15) is 0 Å². The van der Waals surface area contributed by atoms with Gasteiger partial charge in [0, 0.05) is 35.5 Å². The lowest BCUT2D eigenvalue weighted by molar-refractivity contribution is 0.460. The molecular formula is C17H24N2O. The van der Waals surface area contributed by atoms with E-state index >= 15 is 0 Å². The van der Waals surface area contributed by atoms with E-state index in [0.29, 0.717) is 13.1 Å². The van der Waals surface area contributed by atoms with Gasteiger partial charge in [0.05, 0.1) is 0 Å². The van der Waals surface area contributed by atoms with Gasteiger partial charge in [0.15, 0.2) is 0 Å². The molecule has 0 fully saturated rings. The maximum atomic E-state index is 12.6. The van der Waals surface area contributed by atoms with Crippen LogP contribution in [0.4, 0.5) is 0 Å². The van der Waals surface area contributed by atoms with Crippen LogP contribution in [0.5, 0.6) is 0 Å². The molecule has 0 bridgehead atoms. The zero-order chi connectivity index (χ0) is 14.9. The number of nitrogens with zero attached hydrogens (tertiary/aromatic N) is 1. The van der Waals surface area contributed by atoms with Crippen LogP contribution in [0.1, 0.15) is 44.5 Å². The Bertz CT molecular complexity index is 615. The second-order valence-electron chi connectivity index (χ2n) is 6.33. The van der Waals surface area contributed by atoms with Crippen molar-refractivity contribution in [1.82, 2.24) is 9.88 Å². The molecule has 1 aromatic heterocycles. The number of fused-ring (bicyclic) bond motifs is 1. The van der Waals surface area contributed by atoms with Crippen molar-refractivity contribution >= 4 is 6.08 Å². The highest BCUT2D eigenvalue weighted by Crippen LogP contribution is 2.22. The topological polar surface area (TPSA) is 34.0 Å². The van der Waals surface area contributed by atoms with Crippen LogP contribution in [0.15, 0.2) is 29.2 Å². The van der Waals surface area contributed by atoms with Crippen LogP contribution in [0.25, 0.3) is 6.08 Å². The molecule has 0 aliphatic carbocycles. The van der Waals surface area contributed by atoms with Crippen molar-refractivity contribution in [2.45, 2.75) is 47.2 Å². The summed E-state index contributed by atoms with van der Waals surface area (Å²) in [5, 5.41) is 3.32. The van der Waals surface area contributed by atoms with Gasteiger partial charge in [-0.1, -0.05) is 40.3 Å². The van der Waals surface area contributed by atoms with Crippen LogP contribution in [-0.2, 0) is 19.5 Å². The molecule has 1 aromatic rings. The lowest BCUT2D eigenvalue weighted by atomic mass is 9.92. The second kappa shape index (κ2) is 5.31. The van der Waals surface area contributed by atoms with Gasteiger partial charge in [-0.25, -0.2) is 0 Å². The third kappa shape index (κ3) is 2.72. The van der Waals surface area contributed by atoms with Crippen LogP contribution in [0.2, 0.25) is 0 Å². The fourth-order valence-corrected chi connectivity index (χ4v) is 2.33. The van der Waals surface area contributed by atoms with Gasteiger partial charge in [-0.05, 0) is 24.1 Å². The SMILES string of the molecule is C=C(NCc1c(CC)cc2n(c1=O)CC=C2)C(C)(C)C. The van der Waals surface area contributed by atoms with Crippen molar-refractivity contribution < 1.29 is 0 Å². The Hall–Kier alpha value is -1.77. The molecule has 2 rings (SSSR count). The van der Waals surface area contributed by atoms with Gasteiger partial charge in [-0.15, -0.1) is 0 Å². The molecule has 108 valence electrons. The van der Waals surface area contributed by atoms with E-state index in [1.54, 1.807) is 0 Å². The number of aromatic nitrogens is 1. The molecular weight excluding hydrogens is 248 g/mol. The Morgan fingerprint density at radius 3 is 2.75 bits per heavy atom. The maximum Gasteiger partial charge on any atom is 0.256 e. The van der Waals surface area contributed by atoms with Crippen LogP contribution in [0, 0.1) is 5.41 Å². The summed E-state index contributed by atoms with van der Waals surface area (Å²) in [6.45, 7) is 13.7. The van der Waals surface area contributed by atoms with E-state index in [2.05, 4.69) is 45.7 Å². The highest BCUT2D eigenvalue weighted by Gasteiger charge is 2.18. The van der Waals surface area contributed by atoms with E-state index in [1.165, 1.54) is 0 Å². The summed E-state index contributed by atoms with van der Waals surface area (Å²) in [4.78, 5) is 12.6. The van der Waals surface area contributed by atoms with Gasteiger partial charge in [0.2, 0.25) is 0 Å². The molecule has 1 aliphatic rings. The summed E-state index contributed by atoms with van der Waals surface area (Å²) >= 11 is 0. The Morgan fingerprint density at radius 2 is 2.15 bits per heavy atom. The highest BCUT2D eigenvalue weighted by molar-refractivity contribution is 5.51. The minimum atomic E-state index is 0.000845. The molecule has 0 unspecified atom stereocenters. The normalized spacial score (nSPS) is 13.4. The summed E-state index contributed by atoms with van der Waals surface area (Å²) in [6.07, 6.45) is 4.92. The molecule has 3 nitrogen and oxygen atoms in total. The van der Waals surface area contributed by atoms with Crippen molar-refractivity contribution in [3.05, 3.63) is 51.6 Å². The van der Waals surface area contributed by atoms with Crippen molar-refractivity contribution in [2.75, 3.05) is 0 Å². The smallest absolute Gasteiger partial charge is 0.256 e. The summed E-state index contributed by atoms with van der Waals surface area (Å²) in [5.74, 6) is 0. The Balaban J connectivity index is 2.29. The van der Waals surface area contributed by atoms with Crippen molar-refractivity contribution in [2.24, 2.45) is 5.41 Å². The first-order valence-corrected chi connectivity index (χ1v) is 7.20. The van der Waals surface area contributed by atoms with Crippen LogP contribution >= 0.6 is 0 Å². The first-order chi connectivity index (χ1) is 9.34. The van der Waals surface area contributed by atoms with E-state index in [0.717, 1.165) is 28.9 Å². The molecule has 0 radical (unpaired) electrons. The maximum absolute atomic E-state index is 12.6. The molecule has 0 saturated heterocycles. The number of nitrogens with one attached hydrogen (secondary N) is 1. The predicted molar refractivity (Wildman–Crippen MR) is 84.5 cm³/mol. The average molecular weight is 272 g/mol. The van der Waals surface area contributed by atoms with E-state index in [1.807, 2.05) is 16.7 Å². The van der Waals surface area contributed by atoms with Gasteiger partial charge >= 0.3 is 0 Å². The lowest BCUT2D eigenvalue weighted by Gasteiger charge is -2.24. The molecule has 0 atom stereocenters. The average Bonchev–Trinajstić information content (AvgIpc) is 2.84. The number of pyridine rings is 1. The molecule has 1 aliphatic heterocycles. The van der Waals surface area contributed by atoms with Gasteiger partial charge in [0.1, 0.15) is 0 Å². The molecule has 20 heavy (non-hydrogen) atoms. The van der Waals surface area contributed by atoms with Crippen molar-refractivity contribution in [3.63, 3.8) is 0 Å². The molecule has 0 spiro atoms.